The number of benzene rings is 2. The molecule has 0 unspecified atom stereocenters. The van der Waals surface area contributed by atoms with Gasteiger partial charge in [0.2, 0.25) is 0 Å². The third-order valence-electron chi connectivity index (χ3n) is 4.61. The van der Waals surface area contributed by atoms with Gasteiger partial charge < -0.3 is 15.1 Å². The summed E-state index contributed by atoms with van der Waals surface area (Å²) in [7, 11) is 0. The van der Waals surface area contributed by atoms with Crippen LogP contribution in [0, 0.1) is 0 Å². The lowest BCUT2D eigenvalue weighted by atomic mass is 10.2. The Bertz CT molecular complexity index is 933. The number of halogens is 1. The van der Waals surface area contributed by atoms with Gasteiger partial charge in [0.05, 0.1) is 11.2 Å². The van der Waals surface area contributed by atoms with E-state index in [0.29, 0.717) is 13.1 Å². The van der Waals surface area contributed by atoms with Crippen LogP contribution in [0.15, 0.2) is 60.8 Å². The second-order valence-electron chi connectivity index (χ2n) is 6.26. The van der Waals surface area contributed by atoms with Crippen molar-refractivity contribution in [1.29, 1.82) is 0 Å². The Labute approximate surface area is 157 Å². The van der Waals surface area contributed by atoms with Crippen molar-refractivity contribution in [3.05, 3.63) is 65.8 Å². The highest BCUT2D eigenvalue weighted by Crippen LogP contribution is 2.23. The van der Waals surface area contributed by atoms with Gasteiger partial charge in [-0.3, -0.25) is 4.98 Å². The maximum Gasteiger partial charge on any atom is 0.322 e. The van der Waals surface area contributed by atoms with Crippen molar-refractivity contribution >= 4 is 39.9 Å². The molecule has 1 aromatic heterocycles. The molecule has 1 fully saturated rings. The predicted octanol–water partition coefficient (Wildman–Crippen LogP) is 4.24. The minimum atomic E-state index is -0.0890. The number of urea groups is 1. The van der Waals surface area contributed by atoms with Crippen molar-refractivity contribution in [3.8, 4) is 0 Å². The first-order chi connectivity index (χ1) is 12.7. The number of carbonyl (C=O) groups excluding carboxylic acids is 1. The molecule has 6 heteroatoms. The zero-order valence-electron chi connectivity index (χ0n) is 14.2. The summed E-state index contributed by atoms with van der Waals surface area (Å²) in [5.74, 6) is 0. The fraction of sp³-hybridized carbons (Fsp3) is 0.200. The number of aromatic nitrogens is 1. The number of rotatable bonds is 2. The smallest absolute Gasteiger partial charge is 0.322 e. The number of fused-ring (bicyclic) bond motifs is 1. The summed E-state index contributed by atoms with van der Waals surface area (Å²) >= 11 is 6.07. The predicted molar refractivity (Wildman–Crippen MR) is 106 cm³/mol. The van der Waals surface area contributed by atoms with E-state index in [4.69, 9.17) is 11.6 Å². The molecular weight excluding hydrogens is 348 g/mol. The van der Waals surface area contributed by atoms with Crippen molar-refractivity contribution < 1.29 is 4.79 Å². The molecule has 4 rings (SSSR count). The van der Waals surface area contributed by atoms with Crippen LogP contribution in [0.3, 0.4) is 0 Å². The summed E-state index contributed by atoms with van der Waals surface area (Å²) in [6, 6.07) is 17.4. The lowest BCUT2D eigenvalue weighted by molar-refractivity contribution is 0.208. The van der Waals surface area contributed by atoms with Crippen LogP contribution in [0.4, 0.5) is 16.2 Å². The molecule has 1 aliphatic heterocycles. The first-order valence-corrected chi connectivity index (χ1v) is 8.99. The second kappa shape index (κ2) is 7.22. The van der Waals surface area contributed by atoms with E-state index in [1.165, 1.54) is 0 Å². The van der Waals surface area contributed by atoms with E-state index in [2.05, 4.69) is 15.2 Å². The molecule has 2 heterocycles. The van der Waals surface area contributed by atoms with Gasteiger partial charge in [0.1, 0.15) is 0 Å². The van der Waals surface area contributed by atoms with Gasteiger partial charge in [0, 0.05) is 48.5 Å². The standard InChI is InChI=1S/C20H19ClN4O/c21-16-6-2-7-17(14-16)24-10-12-25(13-11-24)20(26)23-18-8-1-4-15-5-3-9-22-19(15)18/h1-9,14H,10-13H2,(H,23,26). The summed E-state index contributed by atoms with van der Waals surface area (Å²) in [5.41, 5.74) is 2.64. The van der Waals surface area contributed by atoms with E-state index in [9.17, 15) is 4.79 Å². The van der Waals surface area contributed by atoms with Crippen LogP contribution in [0.2, 0.25) is 5.02 Å². The van der Waals surface area contributed by atoms with E-state index in [0.717, 1.165) is 40.4 Å². The molecular formula is C20H19ClN4O. The summed E-state index contributed by atoms with van der Waals surface area (Å²) in [5, 5.41) is 4.74. The Morgan fingerprint density at radius 2 is 1.77 bits per heavy atom. The average Bonchev–Trinajstić information content (AvgIpc) is 2.68. The number of pyridine rings is 1. The van der Waals surface area contributed by atoms with Crippen molar-refractivity contribution in [2.75, 3.05) is 36.4 Å². The van der Waals surface area contributed by atoms with Crippen molar-refractivity contribution in [3.63, 3.8) is 0 Å². The number of nitrogens with zero attached hydrogens (tertiary/aromatic N) is 3. The summed E-state index contributed by atoms with van der Waals surface area (Å²) in [4.78, 5) is 21.1. The normalized spacial score (nSPS) is 14.5. The number of hydrogen-bond donors (Lipinski definition) is 1. The van der Waals surface area contributed by atoms with Gasteiger partial charge in [-0.15, -0.1) is 0 Å². The first kappa shape index (κ1) is 16.7. The molecule has 26 heavy (non-hydrogen) atoms. The SMILES string of the molecule is O=C(Nc1cccc2cccnc12)N1CCN(c2cccc(Cl)c2)CC1. The van der Waals surface area contributed by atoms with Crippen molar-refractivity contribution in [1.82, 2.24) is 9.88 Å². The molecule has 0 spiro atoms. The van der Waals surface area contributed by atoms with E-state index in [1.54, 1.807) is 6.20 Å². The largest absolute Gasteiger partial charge is 0.368 e. The van der Waals surface area contributed by atoms with Gasteiger partial charge in [-0.25, -0.2) is 4.79 Å². The number of para-hydroxylation sites is 1. The number of amides is 2. The van der Waals surface area contributed by atoms with Gasteiger partial charge in [-0.1, -0.05) is 35.9 Å². The third kappa shape index (κ3) is 3.44. The van der Waals surface area contributed by atoms with Gasteiger partial charge in [0.25, 0.3) is 0 Å². The molecule has 0 saturated carbocycles. The molecule has 5 nitrogen and oxygen atoms in total. The number of carbonyl (C=O) groups is 1. The van der Waals surface area contributed by atoms with Gasteiger partial charge >= 0.3 is 6.03 Å². The number of hydrogen-bond acceptors (Lipinski definition) is 3. The minimum absolute atomic E-state index is 0.0890. The molecule has 3 aromatic rings. The summed E-state index contributed by atoms with van der Waals surface area (Å²) < 4.78 is 0. The number of piperazine rings is 1. The first-order valence-electron chi connectivity index (χ1n) is 8.61. The Morgan fingerprint density at radius 3 is 2.58 bits per heavy atom. The molecule has 0 radical (unpaired) electrons. The molecule has 1 saturated heterocycles. The quantitative estimate of drug-likeness (QED) is 0.737. The van der Waals surface area contributed by atoms with Crippen LogP contribution < -0.4 is 10.2 Å². The highest BCUT2D eigenvalue weighted by Gasteiger charge is 2.22. The van der Waals surface area contributed by atoms with Crippen molar-refractivity contribution in [2.24, 2.45) is 0 Å². The topological polar surface area (TPSA) is 48.5 Å². The zero-order valence-corrected chi connectivity index (χ0v) is 15.0. The fourth-order valence-corrected chi connectivity index (χ4v) is 3.42. The van der Waals surface area contributed by atoms with Crippen LogP contribution in [-0.4, -0.2) is 42.1 Å². The van der Waals surface area contributed by atoms with Crippen LogP contribution in [0.25, 0.3) is 10.9 Å². The highest BCUT2D eigenvalue weighted by atomic mass is 35.5. The molecule has 2 amide bonds. The molecule has 0 bridgehead atoms. The average molecular weight is 367 g/mol. The third-order valence-corrected chi connectivity index (χ3v) is 4.85. The lowest BCUT2D eigenvalue weighted by Gasteiger charge is -2.36. The van der Waals surface area contributed by atoms with Crippen LogP contribution >= 0.6 is 11.6 Å². The summed E-state index contributed by atoms with van der Waals surface area (Å²) in [6.07, 6.45) is 1.74. The van der Waals surface area contributed by atoms with Gasteiger partial charge in [-0.2, -0.15) is 0 Å². The maximum atomic E-state index is 12.7. The lowest BCUT2D eigenvalue weighted by Crippen LogP contribution is -2.50. The molecule has 0 atom stereocenters. The van der Waals surface area contributed by atoms with E-state index in [-0.39, 0.29) is 6.03 Å². The Morgan fingerprint density at radius 1 is 1.00 bits per heavy atom. The molecule has 1 aliphatic rings. The Balaban J connectivity index is 1.42. The van der Waals surface area contributed by atoms with Gasteiger partial charge in [0.15, 0.2) is 0 Å². The van der Waals surface area contributed by atoms with E-state index < -0.39 is 0 Å². The summed E-state index contributed by atoms with van der Waals surface area (Å²) in [6.45, 7) is 2.89. The number of nitrogens with one attached hydrogen (secondary N) is 1. The Kier molecular flexibility index (Phi) is 4.63. The second-order valence-corrected chi connectivity index (χ2v) is 6.70. The highest BCUT2D eigenvalue weighted by molar-refractivity contribution is 6.30. The van der Waals surface area contributed by atoms with Crippen LogP contribution in [0.5, 0.6) is 0 Å². The maximum absolute atomic E-state index is 12.7. The molecule has 2 aromatic carbocycles. The van der Waals surface area contributed by atoms with E-state index >= 15 is 0 Å². The molecule has 132 valence electrons. The van der Waals surface area contributed by atoms with Crippen molar-refractivity contribution in [2.45, 2.75) is 0 Å². The number of anilines is 2. The Hall–Kier alpha value is -2.79. The van der Waals surface area contributed by atoms with Crippen LogP contribution in [-0.2, 0) is 0 Å². The monoisotopic (exact) mass is 366 g/mol. The van der Waals surface area contributed by atoms with Gasteiger partial charge in [-0.05, 0) is 30.3 Å². The molecule has 1 N–H and O–H groups in total. The molecule has 0 aliphatic carbocycles. The minimum Gasteiger partial charge on any atom is -0.368 e. The fourth-order valence-electron chi connectivity index (χ4n) is 3.24. The van der Waals surface area contributed by atoms with E-state index in [1.807, 2.05) is 59.5 Å². The van der Waals surface area contributed by atoms with Crippen LogP contribution in [0.1, 0.15) is 0 Å². The zero-order chi connectivity index (χ0) is 17.9.